The molecule has 0 aliphatic carbocycles. The molecule has 3 aromatic rings. The molecule has 1 aromatic heterocycles. The number of thioether (sulfide) groups is 1. The molecule has 4 rings (SSSR count). The summed E-state index contributed by atoms with van der Waals surface area (Å²) in [6.07, 6.45) is 3.71. The van der Waals surface area contributed by atoms with Gasteiger partial charge in [0.15, 0.2) is 5.17 Å². The van der Waals surface area contributed by atoms with Crippen molar-refractivity contribution in [1.29, 1.82) is 0 Å². The van der Waals surface area contributed by atoms with Gasteiger partial charge in [0.1, 0.15) is 0 Å². The van der Waals surface area contributed by atoms with Gasteiger partial charge in [0.25, 0.3) is 5.91 Å². The number of nitrogens with zero attached hydrogens (tertiary/aromatic N) is 3. The number of hydrogen-bond donors (Lipinski definition) is 1. The first-order valence-corrected chi connectivity index (χ1v) is 8.51. The second kappa shape index (κ2) is 6.41. The number of para-hydroxylation sites is 1. The van der Waals surface area contributed by atoms with Crippen molar-refractivity contribution in [3.63, 3.8) is 0 Å². The highest BCUT2D eigenvalue weighted by molar-refractivity contribution is 8.18. The minimum atomic E-state index is -0.311. The molecule has 2 heterocycles. The Labute approximate surface area is 148 Å². The van der Waals surface area contributed by atoms with Crippen LogP contribution in [0.25, 0.3) is 23.0 Å². The summed E-state index contributed by atoms with van der Waals surface area (Å²) in [5.74, 6) is -0.311. The smallest absolute Gasteiger partial charge is 0.286 e. The van der Waals surface area contributed by atoms with E-state index in [2.05, 4.69) is 4.99 Å². The van der Waals surface area contributed by atoms with Crippen LogP contribution < -0.4 is 5.73 Å². The lowest BCUT2D eigenvalue weighted by atomic mass is 10.1. The van der Waals surface area contributed by atoms with Gasteiger partial charge < -0.3 is 5.73 Å². The monoisotopic (exact) mass is 346 g/mol. The first kappa shape index (κ1) is 15.4. The van der Waals surface area contributed by atoms with E-state index in [1.807, 2.05) is 71.5 Å². The molecular weight excluding hydrogens is 332 g/mol. The highest BCUT2D eigenvalue weighted by atomic mass is 32.2. The van der Waals surface area contributed by atoms with E-state index in [0.29, 0.717) is 4.91 Å². The molecular formula is C19H14N4OS. The van der Waals surface area contributed by atoms with Crippen molar-refractivity contribution in [3.05, 3.63) is 77.3 Å². The average molecular weight is 346 g/mol. The molecule has 2 aromatic carbocycles. The summed E-state index contributed by atoms with van der Waals surface area (Å²) in [6.45, 7) is 0. The zero-order valence-electron chi connectivity index (χ0n) is 13.2. The number of amides is 1. The molecule has 1 amide bonds. The first-order chi connectivity index (χ1) is 12.2. The summed E-state index contributed by atoms with van der Waals surface area (Å²) in [7, 11) is 0. The maximum atomic E-state index is 11.9. The van der Waals surface area contributed by atoms with Crippen LogP contribution in [0.5, 0.6) is 0 Å². The Kier molecular flexibility index (Phi) is 3.95. The Bertz CT molecular complexity index is 991. The van der Waals surface area contributed by atoms with Gasteiger partial charge in [-0.2, -0.15) is 10.1 Å². The van der Waals surface area contributed by atoms with Gasteiger partial charge in [0, 0.05) is 17.3 Å². The third-order valence-corrected chi connectivity index (χ3v) is 4.55. The fourth-order valence-corrected chi connectivity index (χ4v) is 3.27. The van der Waals surface area contributed by atoms with Gasteiger partial charge in [0.05, 0.1) is 16.3 Å². The SMILES string of the molecule is NC1=NC(=O)C(=Cc2cn(-c3ccccc3)nc2-c2ccccc2)S1. The maximum absolute atomic E-state index is 11.9. The van der Waals surface area contributed by atoms with E-state index in [9.17, 15) is 4.79 Å². The summed E-state index contributed by atoms with van der Waals surface area (Å²) < 4.78 is 1.81. The lowest BCUT2D eigenvalue weighted by molar-refractivity contribution is -0.113. The van der Waals surface area contributed by atoms with Crippen LogP contribution in [0.1, 0.15) is 5.56 Å². The van der Waals surface area contributed by atoms with Crippen LogP contribution in [-0.4, -0.2) is 20.9 Å². The van der Waals surface area contributed by atoms with Crippen LogP contribution >= 0.6 is 11.8 Å². The van der Waals surface area contributed by atoms with Crippen molar-refractivity contribution in [2.45, 2.75) is 0 Å². The van der Waals surface area contributed by atoms with E-state index in [1.165, 1.54) is 11.8 Å². The molecule has 0 atom stereocenters. The summed E-state index contributed by atoms with van der Waals surface area (Å²) in [6, 6.07) is 19.7. The largest absolute Gasteiger partial charge is 0.378 e. The lowest BCUT2D eigenvalue weighted by Crippen LogP contribution is -2.01. The normalized spacial score (nSPS) is 15.6. The van der Waals surface area contributed by atoms with Gasteiger partial charge in [-0.1, -0.05) is 48.5 Å². The predicted octanol–water partition coefficient (Wildman–Crippen LogP) is 3.47. The summed E-state index contributed by atoms with van der Waals surface area (Å²) in [4.78, 5) is 16.2. The molecule has 0 radical (unpaired) electrons. The number of hydrogen-bond acceptors (Lipinski definition) is 4. The number of carbonyl (C=O) groups excluding carboxylic acids is 1. The number of nitrogens with two attached hydrogens (primary N) is 1. The number of carbonyl (C=O) groups is 1. The van der Waals surface area contributed by atoms with E-state index in [4.69, 9.17) is 10.8 Å². The Morgan fingerprint density at radius 1 is 1.00 bits per heavy atom. The summed E-state index contributed by atoms with van der Waals surface area (Å²) in [5.41, 5.74) is 9.22. The van der Waals surface area contributed by atoms with Crippen LogP contribution in [0.2, 0.25) is 0 Å². The zero-order chi connectivity index (χ0) is 17.2. The minimum absolute atomic E-state index is 0.271. The quantitative estimate of drug-likeness (QED) is 0.737. The van der Waals surface area contributed by atoms with E-state index < -0.39 is 0 Å². The van der Waals surface area contributed by atoms with Gasteiger partial charge >= 0.3 is 0 Å². The van der Waals surface area contributed by atoms with Crippen molar-refractivity contribution < 1.29 is 4.79 Å². The molecule has 1 aliphatic rings. The third kappa shape index (κ3) is 3.12. The van der Waals surface area contributed by atoms with E-state index >= 15 is 0 Å². The van der Waals surface area contributed by atoms with Crippen LogP contribution in [0.4, 0.5) is 0 Å². The van der Waals surface area contributed by atoms with Gasteiger partial charge in [-0.25, -0.2) is 4.68 Å². The van der Waals surface area contributed by atoms with Crippen LogP contribution in [0.3, 0.4) is 0 Å². The number of aromatic nitrogens is 2. The van der Waals surface area contributed by atoms with Gasteiger partial charge in [-0.15, -0.1) is 0 Å². The van der Waals surface area contributed by atoms with Gasteiger partial charge in [-0.05, 0) is 30.0 Å². The molecule has 0 spiro atoms. The Morgan fingerprint density at radius 3 is 2.32 bits per heavy atom. The first-order valence-electron chi connectivity index (χ1n) is 7.69. The number of aliphatic imine (C=N–C) groups is 1. The molecule has 0 unspecified atom stereocenters. The molecule has 122 valence electrons. The Morgan fingerprint density at radius 2 is 1.68 bits per heavy atom. The van der Waals surface area contributed by atoms with Crippen LogP contribution in [0.15, 0.2) is 76.8 Å². The van der Waals surface area contributed by atoms with Crippen molar-refractivity contribution in [2.75, 3.05) is 0 Å². The molecule has 25 heavy (non-hydrogen) atoms. The second-order valence-electron chi connectivity index (χ2n) is 5.45. The zero-order valence-corrected chi connectivity index (χ0v) is 14.0. The van der Waals surface area contributed by atoms with E-state index in [0.717, 1.165) is 22.5 Å². The molecule has 0 bridgehead atoms. The minimum Gasteiger partial charge on any atom is -0.378 e. The average Bonchev–Trinajstić information content (AvgIpc) is 3.20. The maximum Gasteiger partial charge on any atom is 0.286 e. The lowest BCUT2D eigenvalue weighted by Gasteiger charge is -2.00. The molecule has 0 saturated carbocycles. The standard InChI is InChI=1S/C19H14N4OS/c20-19-21-18(24)16(25-19)11-14-12-23(15-9-5-2-6-10-15)22-17(14)13-7-3-1-4-8-13/h1-12H,(H2,20,21,24). The highest BCUT2D eigenvalue weighted by Gasteiger charge is 2.21. The fourth-order valence-electron chi connectivity index (χ4n) is 2.59. The number of amidine groups is 1. The van der Waals surface area contributed by atoms with Gasteiger partial charge in [0.2, 0.25) is 0 Å². The summed E-state index contributed by atoms with van der Waals surface area (Å²) >= 11 is 1.18. The second-order valence-corrected chi connectivity index (χ2v) is 6.51. The van der Waals surface area contributed by atoms with E-state index in [-0.39, 0.29) is 11.1 Å². The Hall–Kier alpha value is -3.12. The molecule has 5 nitrogen and oxygen atoms in total. The topological polar surface area (TPSA) is 73.3 Å². The highest BCUT2D eigenvalue weighted by Crippen LogP contribution is 2.30. The molecule has 6 heteroatoms. The van der Waals surface area contributed by atoms with E-state index in [1.54, 1.807) is 6.08 Å². The summed E-state index contributed by atoms with van der Waals surface area (Å²) in [5, 5.41) is 4.99. The Balaban J connectivity index is 1.83. The van der Waals surface area contributed by atoms with Crippen LogP contribution in [-0.2, 0) is 4.79 Å². The van der Waals surface area contributed by atoms with Crippen molar-refractivity contribution in [2.24, 2.45) is 10.7 Å². The molecule has 1 aliphatic heterocycles. The molecule has 0 fully saturated rings. The predicted molar refractivity (Wildman–Crippen MR) is 101 cm³/mol. The van der Waals surface area contributed by atoms with Crippen molar-refractivity contribution in [3.8, 4) is 16.9 Å². The number of benzene rings is 2. The fraction of sp³-hybridized carbons (Fsp3) is 0. The van der Waals surface area contributed by atoms with Crippen molar-refractivity contribution in [1.82, 2.24) is 9.78 Å². The van der Waals surface area contributed by atoms with Crippen molar-refractivity contribution >= 4 is 28.9 Å². The molecule has 2 N–H and O–H groups in total. The molecule has 0 saturated heterocycles. The third-order valence-electron chi connectivity index (χ3n) is 3.73. The van der Waals surface area contributed by atoms with Crippen LogP contribution in [0, 0.1) is 0 Å². The number of rotatable bonds is 3. The van der Waals surface area contributed by atoms with Gasteiger partial charge in [-0.3, -0.25) is 4.79 Å².